The first-order chi connectivity index (χ1) is 12.4. The number of hydrogen-bond donors (Lipinski definition) is 1. The third kappa shape index (κ3) is 2.97. The molecule has 0 bridgehead atoms. The molecule has 9 heteroatoms. The first kappa shape index (κ1) is 21.1. The molecule has 0 aliphatic heterocycles. The van der Waals surface area contributed by atoms with E-state index in [0.29, 0.717) is 5.56 Å². The molecule has 0 aromatic heterocycles. The normalized spacial score (nSPS) is 24.3. The molecule has 0 spiro atoms. The molecular weight excluding hydrogens is 381 g/mol. The van der Waals surface area contributed by atoms with Gasteiger partial charge in [-0.2, -0.15) is 26.3 Å². The van der Waals surface area contributed by atoms with Gasteiger partial charge in [0.25, 0.3) is 5.60 Å². The van der Waals surface area contributed by atoms with Crippen LogP contribution in [0, 0.1) is 5.41 Å². The standard InChI is InChI=1S/C18H15F7O2/c1-2-12-13(11-6-4-3-5-7-11)8-9-15(10-26,14(12)19)16(27,17(20,21)22)18(23,24)25/h3-10,14,27H,2H2,1H3. The molecule has 1 aromatic rings. The van der Waals surface area contributed by atoms with Crippen LogP contribution in [0.1, 0.15) is 18.9 Å². The minimum Gasteiger partial charge on any atom is -0.373 e. The van der Waals surface area contributed by atoms with Crippen molar-refractivity contribution in [3.8, 4) is 0 Å². The topological polar surface area (TPSA) is 37.3 Å². The SMILES string of the molecule is CCC1=C(c2ccccc2)C=CC(C=O)(C(O)(C(F)(F)F)C(F)(F)F)C1F. The number of allylic oxidation sites excluding steroid dienone is 3. The van der Waals surface area contributed by atoms with Gasteiger partial charge >= 0.3 is 12.4 Å². The molecule has 1 aromatic carbocycles. The molecule has 2 atom stereocenters. The van der Waals surface area contributed by atoms with E-state index in [4.69, 9.17) is 0 Å². The zero-order valence-corrected chi connectivity index (χ0v) is 13.9. The van der Waals surface area contributed by atoms with Crippen LogP contribution in [0.5, 0.6) is 0 Å². The summed E-state index contributed by atoms with van der Waals surface area (Å²) >= 11 is 0. The van der Waals surface area contributed by atoms with Gasteiger partial charge in [-0.3, -0.25) is 0 Å². The molecule has 0 radical (unpaired) electrons. The van der Waals surface area contributed by atoms with Crippen molar-refractivity contribution in [1.29, 1.82) is 0 Å². The summed E-state index contributed by atoms with van der Waals surface area (Å²) < 4.78 is 94.9. The van der Waals surface area contributed by atoms with E-state index in [9.17, 15) is 36.2 Å². The summed E-state index contributed by atoms with van der Waals surface area (Å²) in [4.78, 5) is 11.5. The monoisotopic (exact) mass is 396 g/mol. The highest BCUT2D eigenvalue weighted by molar-refractivity contribution is 5.83. The van der Waals surface area contributed by atoms with Crippen LogP contribution < -0.4 is 0 Å². The lowest BCUT2D eigenvalue weighted by Gasteiger charge is -2.47. The molecule has 1 aliphatic carbocycles. The highest BCUT2D eigenvalue weighted by atomic mass is 19.4. The zero-order chi connectivity index (χ0) is 20.7. The van der Waals surface area contributed by atoms with E-state index in [2.05, 4.69) is 0 Å². The lowest BCUT2D eigenvalue weighted by Crippen LogP contribution is -2.70. The number of halogens is 7. The number of aldehydes is 1. The van der Waals surface area contributed by atoms with Gasteiger partial charge in [0, 0.05) is 0 Å². The fraction of sp³-hybridized carbons (Fsp3) is 0.389. The largest absolute Gasteiger partial charge is 0.427 e. The van der Waals surface area contributed by atoms with Gasteiger partial charge in [0.2, 0.25) is 0 Å². The molecule has 0 fully saturated rings. The van der Waals surface area contributed by atoms with Crippen molar-refractivity contribution in [2.45, 2.75) is 37.5 Å². The van der Waals surface area contributed by atoms with Crippen LogP contribution in [0.2, 0.25) is 0 Å². The van der Waals surface area contributed by atoms with E-state index in [0.717, 1.165) is 6.08 Å². The second-order valence-electron chi connectivity index (χ2n) is 6.11. The van der Waals surface area contributed by atoms with Gasteiger partial charge < -0.3 is 9.90 Å². The molecule has 0 heterocycles. The molecule has 0 amide bonds. The molecule has 27 heavy (non-hydrogen) atoms. The number of benzene rings is 1. The summed E-state index contributed by atoms with van der Waals surface area (Å²) in [6.45, 7) is 1.33. The molecule has 148 valence electrons. The van der Waals surface area contributed by atoms with Crippen LogP contribution in [0.15, 0.2) is 48.1 Å². The highest BCUT2D eigenvalue weighted by Crippen LogP contribution is 2.58. The summed E-state index contributed by atoms with van der Waals surface area (Å²) in [5, 5.41) is 9.71. The zero-order valence-electron chi connectivity index (χ0n) is 13.9. The Morgan fingerprint density at radius 2 is 1.59 bits per heavy atom. The maximum Gasteiger partial charge on any atom is 0.427 e. The van der Waals surface area contributed by atoms with Gasteiger partial charge in [-0.25, -0.2) is 4.39 Å². The van der Waals surface area contributed by atoms with Crippen LogP contribution in [-0.4, -0.2) is 35.5 Å². The third-order valence-corrected chi connectivity index (χ3v) is 4.70. The summed E-state index contributed by atoms with van der Waals surface area (Å²) in [6, 6.07) is 7.72. The molecule has 2 unspecified atom stereocenters. The van der Waals surface area contributed by atoms with Crippen molar-refractivity contribution in [3.63, 3.8) is 0 Å². The summed E-state index contributed by atoms with van der Waals surface area (Å²) in [6.07, 6.45) is -15.8. The quantitative estimate of drug-likeness (QED) is 0.587. The minimum absolute atomic E-state index is 0.0646. The number of alkyl halides is 7. The van der Waals surface area contributed by atoms with Crippen LogP contribution in [0.3, 0.4) is 0 Å². The first-order valence-corrected chi connectivity index (χ1v) is 7.81. The lowest BCUT2D eigenvalue weighted by atomic mass is 9.63. The number of rotatable bonds is 4. The number of aliphatic hydroxyl groups is 1. The fourth-order valence-corrected chi connectivity index (χ4v) is 3.25. The molecule has 2 nitrogen and oxygen atoms in total. The Kier molecular flexibility index (Phi) is 5.31. The highest BCUT2D eigenvalue weighted by Gasteiger charge is 2.81. The maximum atomic E-state index is 15.2. The number of carbonyl (C=O) groups is 1. The molecule has 1 aliphatic rings. The Morgan fingerprint density at radius 1 is 1.07 bits per heavy atom. The summed E-state index contributed by atoms with van der Waals surface area (Å²) in [7, 11) is 0. The van der Waals surface area contributed by atoms with E-state index in [1.54, 1.807) is 18.2 Å². The fourth-order valence-electron chi connectivity index (χ4n) is 3.25. The summed E-state index contributed by atoms with van der Waals surface area (Å²) in [5.74, 6) is 0. The molecule has 2 rings (SSSR count). The Bertz CT molecular complexity index is 748. The average molecular weight is 396 g/mol. The van der Waals surface area contributed by atoms with Gasteiger partial charge in [0.05, 0.1) is 0 Å². The van der Waals surface area contributed by atoms with Gasteiger partial charge in [-0.15, -0.1) is 0 Å². The van der Waals surface area contributed by atoms with Crippen molar-refractivity contribution >= 4 is 11.9 Å². The predicted octanol–water partition coefficient (Wildman–Crippen LogP) is 4.80. The van der Waals surface area contributed by atoms with Crippen LogP contribution in [-0.2, 0) is 4.79 Å². The van der Waals surface area contributed by atoms with Gasteiger partial charge in [-0.1, -0.05) is 49.4 Å². The second-order valence-corrected chi connectivity index (χ2v) is 6.11. The molecule has 0 saturated heterocycles. The minimum atomic E-state index is -6.34. The van der Waals surface area contributed by atoms with Crippen molar-refractivity contribution in [1.82, 2.24) is 0 Å². The molecule has 1 N–H and O–H groups in total. The Labute approximate surface area is 150 Å². The smallest absolute Gasteiger partial charge is 0.373 e. The Balaban J connectivity index is 2.76. The van der Waals surface area contributed by atoms with E-state index in [1.807, 2.05) is 0 Å². The lowest BCUT2D eigenvalue weighted by molar-refractivity contribution is -0.394. The van der Waals surface area contributed by atoms with Crippen LogP contribution in [0.25, 0.3) is 5.57 Å². The van der Waals surface area contributed by atoms with Gasteiger partial charge in [-0.05, 0) is 23.1 Å². The molecular formula is C18H15F7O2. The van der Waals surface area contributed by atoms with E-state index in [-0.39, 0.29) is 18.1 Å². The number of hydrogen-bond acceptors (Lipinski definition) is 2. The van der Waals surface area contributed by atoms with Crippen molar-refractivity contribution in [2.24, 2.45) is 5.41 Å². The van der Waals surface area contributed by atoms with Crippen LogP contribution in [0.4, 0.5) is 30.7 Å². The van der Waals surface area contributed by atoms with Crippen molar-refractivity contribution < 1.29 is 40.6 Å². The van der Waals surface area contributed by atoms with Crippen molar-refractivity contribution in [2.75, 3.05) is 0 Å². The second kappa shape index (κ2) is 6.78. The average Bonchev–Trinajstić information content (AvgIpc) is 2.59. The Morgan fingerprint density at radius 3 is 2.00 bits per heavy atom. The van der Waals surface area contributed by atoms with E-state index in [1.165, 1.54) is 19.1 Å². The van der Waals surface area contributed by atoms with Crippen LogP contribution >= 0.6 is 0 Å². The van der Waals surface area contributed by atoms with E-state index < -0.39 is 41.4 Å². The van der Waals surface area contributed by atoms with Gasteiger partial charge in [0.15, 0.2) is 0 Å². The van der Waals surface area contributed by atoms with Crippen molar-refractivity contribution in [3.05, 3.63) is 53.6 Å². The third-order valence-electron chi connectivity index (χ3n) is 4.70. The predicted molar refractivity (Wildman–Crippen MR) is 83.2 cm³/mol. The number of carbonyl (C=O) groups excluding carboxylic acids is 1. The first-order valence-electron chi connectivity index (χ1n) is 7.81. The van der Waals surface area contributed by atoms with Gasteiger partial charge in [0.1, 0.15) is 17.9 Å². The Hall–Kier alpha value is -2.16. The van der Waals surface area contributed by atoms with E-state index >= 15 is 4.39 Å². The summed E-state index contributed by atoms with van der Waals surface area (Å²) in [5.41, 5.74) is -9.51. The molecule has 0 saturated carbocycles. The maximum absolute atomic E-state index is 15.2.